The van der Waals surface area contributed by atoms with E-state index < -0.39 is 0 Å². The first kappa shape index (κ1) is 38.0. The van der Waals surface area contributed by atoms with Crippen LogP contribution in [0.3, 0.4) is 0 Å². The topological polar surface area (TPSA) is 6.48 Å². The molecule has 10 aromatic carbocycles. The first-order chi connectivity index (χ1) is 30.7. The normalized spacial score (nSPS) is 11.2. The van der Waals surface area contributed by atoms with Crippen molar-refractivity contribution in [3.63, 3.8) is 0 Å². The van der Waals surface area contributed by atoms with Crippen LogP contribution < -0.4 is 9.80 Å². The van der Waals surface area contributed by atoms with Gasteiger partial charge in [-0.3, -0.25) is 0 Å². The highest BCUT2D eigenvalue weighted by Gasteiger charge is 2.16. The Bertz CT molecular complexity index is 3000. The Balaban J connectivity index is 0.842. The van der Waals surface area contributed by atoms with Gasteiger partial charge in [-0.1, -0.05) is 200 Å². The Morgan fingerprint density at radius 2 is 0.548 bits per heavy atom. The molecule has 0 radical (unpaired) electrons. The summed E-state index contributed by atoms with van der Waals surface area (Å²) >= 11 is 0. The van der Waals surface area contributed by atoms with E-state index in [0.717, 1.165) is 45.3 Å². The van der Waals surface area contributed by atoms with Crippen molar-refractivity contribution in [2.45, 2.75) is 0 Å². The number of hydrogen-bond donors (Lipinski definition) is 0. The maximum Gasteiger partial charge on any atom is 0.0540 e. The van der Waals surface area contributed by atoms with Crippen molar-refractivity contribution in [3.05, 3.63) is 266 Å². The number of hydrogen-bond acceptors (Lipinski definition) is 2. The molecule has 10 aromatic rings. The zero-order valence-electron chi connectivity index (χ0n) is 34.3. The summed E-state index contributed by atoms with van der Waals surface area (Å²) in [6.07, 6.45) is 4.37. The largest absolute Gasteiger partial charge is 0.311 e. The third kappa shape index (κ3) is 8.18. The van der Waals surface area contributed by atoms with Crippen LogP contribution in [0.15, 0.2) is 255 Å². The Morgan fingerprint density at radius 3 is 1.00 bits per heavy atom. The van der Waals surface area contributed by atoms with E-state index in [1.54, 1.807) is 0 Å². The predicted molar refractivity (Wildman–Crippen MR) is 265 cm³/mol. The standard InChI is InChI=1S/C60H44N2/c1-4-13-47(14-5-1)50-35-41-57(42-36-50)62(60-22-12-16-53-15-10-11-21-59(53)60)58-43-37-52(38-44-58)49-31-27-46(28-32-49)24-23-45-25-29-48(30-26-45)51-33-39-56(40-34-51)61(54-17-6-2-7-18-54)55-19-8-3-9-20-55/h1-44H/b24-23+. The number of fused-ring (bicyclic) bond motifs is 1. The fraction of sp³-hybridized carbons (Fsp3) is 0. The third-order valence-electron chi connectivity index (χ3n) is 11.5. The minimum atomic E-state index is 1.11. The highest BCUT2D eigenvalue weighted by atomic mass is 15.1. The van der Waals surface area contributed by atoms with Crippen molar-refractivity contribution in [1.29, 1.82) is 0 Å². The van der Waals surface area contributed by atoms with E-state index in [1.807, 2.05) is 0 Å². The second kappa shape index (κ2) is 17.6. The third-order valence-corrected chi connectivity index (χ3v) is 11.5. The summed E-state index contributed by atoms with van der Waals surface area (Å²) in [5, 5.41) is 2.43. The van der Waals surface area contributed by atoms with E-state index >= 15 is 0 Å². The molecule has 0 aromatic heterocycles. The molecular formula is C60H44N2. The molecule has 10 rings (SSSR count). The Hall–Kier alpha value is -8.20. The predicted octanol–water partition coefficient (Wildman–Crippen LogP) is 17.0. The fourth-order valence-corrected chi connectivity index (χ4v) is 8.24. The first-order valence-corrected chi connectivity index (χ1v) is 21.2. The summed E-state index contributed by atoms with van der Waals surface area (Å²) in [5.74, 6) is 0. The molecule has 0 N–H and O–H groups in total. The van der Waals surface area contributed by atoms with Crippen LogP contribution in [0.5, 0.6) is 0 Å². The summed E-state index contributed by atoms with van der Waals surface area (Å²) in [6.45, 7) is 0. The van der Waals surface area contributed by atoms with Gasteiger partial charge in [-0.15, -0.1) is 0 Å². The van der Waals surface area contributed by atoms with Crippen LogP contribution in [0.4, 0.5) is 34.1 Å². The Morgan fingerprint density at radius 1 is 0.226 bits per heavy atom. The zero-order valence-corrected chi connectivity index (χ0v) is 34.3. The molecule has 0 heterocycles. The molecule has 0 bridgehead atoms. The van der Waals surface area contributed by atoms with Gasteiger partial charge in [0.15, 0.2) is 0 Å². The molecular weight excluding hydrogens is 749 g/mol. The van der Waals surface area contributed by atoms with E-state index in [0.29, 0.717) is 0 Å². The van der Waals surface area contributed by atoms with Gasteiger partial charge in [0.2, 0.25) is 0 Å². The van der Waals surface area contributed by atoms with Crippen molar-refractivity contribution < 1.29 is 0 Å². The minimum absolute atomic E-state index is 1.11. The van der Waals surface area contributed by atoms with Crippen LogP contribution in [-0.2, 0) is 0 Å². The molecule has 0 atom stereocenters. The summed E-state index contributed by atoms with van der Waals surface area (Å²) in [7, 11) is 0. The van der Waals surface area contributed by atoms with Gasteiger partial charge in [0.1, 0.15) is 0 Å². The molecule has 0 unspecified atom stereocenters. The summed E-state index contributed by atoms with van der Waals surface area (Å²) in [6, 6.07) is 91.0. The molecule has 294 valence electrons. The van der Waals surface area contributed by atoms with Crippen LogP contribution in [0.1, 0.15) is 11.1 Å². The molecule has 0 amide bonds. The molecule has 0 aliphatic heterocycles. The van der Waals surface area contributed by atoms with E-state index in [9.17, 15) is 0 Å². The number of benzene rings is 10. The van der Waals surface area contributed by atoms with Gasteiger partial charge in [-0.2, -0.15) is 0 Å². The van der Waals surface area contributed by atoms with Crippen LogP contribution in [0.2, 0.25) is 0 Å². The fourth-order valence-electron chi connectivity index (χ4n) is 8.24. The number of anilines is 6. The van der Waals surface area contributed by atoms with E-state index in [4.69, 9.17) is 0 Å². The molecule has 0 fully saturated rings. The molecule has 0 saturated heterocycles. The molecule has 0 spiro atoms. The van der Waals surface area contributed by atoms with Gasteiger partial charge >= 0.3 is 0 Å². The van der Waals surface area contributed by atoms with Gasteiger partial charge in [-0.25, -0.2) is 0 Å². The average Bonchev–Trinajstić information content (AvgIpc) is 3.36. The van der Waals surface area contributed by atoms with Gasteiger partial charge in [0, 0.05) is 33.8 Å². The second-order valence-corrected chi connectivity index (χ2v) is 15.4. The van der Waals surface area contributed by atoms with E-state index in [1.165, 1.54) is 44.2 Å². The lowest BCUT2D eigenvalue weighted by atomic mass is 10.0. The maximum atomic E-state index is 2.36. The minimum Gasteiger partial charge on any atom is -0.311 e. The molecule has 0 saturated carbocycles. The van der Waals surface area contributed by atoms with Crippen LogP contribution in [-0.4, -0.2) is 0 Å². The molecule has 62 heavy (non-hydrogen) atoms. The van der Waals surface area contributed by atoms with Crippen molar-refractivity contribution in [3.8, 4) is 33.4 Å². The van der Waals surface area contributed by atoms with Gasteiger partial charge in [-0.05, 0) is 117 Å². The van der Waals surface area contributed by atoms with E-state index in [-0.39, 0.29) is 0 Å². The van der Waals surface area contributed by atoms with E-state index in [2.05, 4.69) is 277 Å². The summed E-state index contributed by atoms with van der Waals surface area (Å²) < 4.78 is 0. The van der Waals surface area contributed by atoms with Crippen molar-refractivity contribution in [2.75, 3.05) is 9.80 Å². The first-order valence-electron chi connectivity index (χ1n) is 21.2. The lowest BCUT2D eigenvalue weighted by molar-refractivity contribution is 1.28. The van der Waals surface area contributed by atoms with Crippen LogP contribution >= 0.6 is 0 Å². The maximum absolute atomic E-state index is 2.36. The quantitative estimate of drug-likeness (QED) is 0.120. The number of nitrogens with zero attached hydrogens (tertiary/aromatic N) is 2. The second-order valence-electron chi connectivity index (χ2n) is 15.4. The van der Waals surface area contributed by atoms with Crippen molar-refractivity contribution in [2.24, 2.45) is 0 Å². The van der Waals surface area contributed by atoms with Crippen molar-refractivity contribution >= 4 is 57.0 Å². The highest BCUT2D eigenvalue weighted by molar-refractivity contribution is 5.99. The molecule has 2 nitrogen and oxygen atoms in total. The lowest BCUT2D eigenvalue weighted by Crippen LogP contribution is -2.10. The van der Waals surface area contributed by atoms with Gasteiger partial charge < -0.3 is 9.80 Å². The molecule has 2 heteroatoms. The van der Waals surface area contributed by atoms with Gasteiger partial charge in [0.25, 0.3) is 0 Å². The summed E-state index contributed by atoms with van der Waals surface area (Å²) in [5.41, 5.74) is 16.2. The Kier molecular flexibility index (Phi) is 10.8. The lowest BCUT2D eigenvalue weighted by Gasteiger charge is -2.27. The number of rotatable bonds is 11. The molecule has 0 aliphatic rings. The van der Waals surface area contributed by atoms with Crippen molar-refractivity contribution in [1.82, 2.24) is 0 Å². The summed E-state index contributed by atoms with van der Waals surface area (Å²) in [4.78, 5) is 4.65. The monoisotopic (exact) mass is 792 g/mol. The average molecular weight is 793 g/mol. The van der Waals surface area contributed by atoms with Crippen LogP contribution in [0.25, 0.3) is 56.3 Å². The molecule has 0 aliphatic carbocycles. The van der Waals surface area contributed by atoms with Crippen LogP contribution in [0, 0.1) is 0 Å². The van der Waals surface area contributed by atoms with Gasteiger partial charge in [0.05, 0.1) is 5.69 Å². The highest BCUT2D eigenvalue weighted by Crippen LogP contribution is 2.40. The smallest absolute Gasteiger partial charge is 0.0540 e. The Labute approximate surface area is 364 Å². The zero-order chi connectivity index (χ0) is 41.5. The SMILES string of the molecule is C(=C\c1ccc(-c2ccc(N(c3ccc(-c4ccccc4)cc3)c3cccc4ccccc34)cc2)cc1)/c1ccc(-c2ccc(N(c3ccccc3)c3ccccc3)cc2)cc1. The number of para-hydroxylation sites is 2.